The summed E-state index contributed by atoms with van der Waals surface area (Å²) in [6, 6.07) is 5.62. The van der Waals surface area contributed by atoms with Crippen molar-refractivity contribution in [1.82, 2.24) is 9.88 Å². The molecule has 1 aromatic heterocycles. The number of aromatic nitrogens is 1. The van der Waals surface area contributed by atoms with Gasteiger partial charge < -0.3 is 19.9 Å². The lowest BCUT2D eigenvalue weighted by molar-refractivity contribution is -0.118. The molecular formula is C27H33ClFN3O4. The number of fused-ring (bicyclic) bond motifs is 1. The minimum Gasteiger partial charge on any atom is -0.389 e. The van der Waals surface area contributed by atoms with Gasteiger partial charge in [0, 0.05) is 48.2 Å². The number of aliphatic hydroxyl groups is 1. The Morgan fingerprint density at radius 3 is 2.78 bits per heavy atom. The van der Waals surface area contributed by atoms with Crippen LogP contribution in [0.4, 0.5) is 10.2 Å². The van der Waals surface area contributed by atoms with Gasteiger partial charge in [0.1, 0.15) is 12.0 Å². The number of nitrogens with zero attached hydrogens (tertiary/aromatic N) is 2. The van der Waals surface area contributed by atoms with Crippen molar-refractivity contribution >= 4 is 34.1 Å². The van der Waals surface area contributed by atoms with Crippen LogP contribution in [-0.4, -0.2) is 78.2 Å². The maximum atomic E-state index is 15.5. The lowest BCUT2D eigenvalue weighted by Crippen LogP contribution is -2.58. The van der Waals surface area contributed by atoms with E-state index in [2.05, 4.69) is 10.3 Å². The quantitative estimate of drug-likeness (QED) is 0.639. The van der Waals surface area contributed by atoms with E-state index in [9.17, 15) is 9.90 Å². The minimum absolute atomic E-state index is 0.0145. The molecule has 2 aromatic rings. The highest BCUT2D eigenvalue weighted by Gasteiger charge is 2.58. The average Bonchev–Trinajstić information content (AvgIpc) is 3.44. The smallest absolute Gasteiger partial charge is 0.229 e. The van der Waals surface area contributed by atoms with E-state index in [1.807, 2.05) is 30.0 Å². The van der Waals surface area contributed by atoms with E-state index in [-0.39, 0.29) is 36.3 Å². The molecule has 3 aliphatic heterocycles. The number of hydrogen-bond donors (Lipinski definition) is 2. The Hall–Kier alpha value is -1.84. The number of pyridine rings is 1. The van der Waals surface area contributed by atoms with Gasteiger partial charge >= 0.3 is 0 Å². The number of benzene rings is 1. The minimum atomic E-state index is -1.12. The van der Waals surface area contributed by atoms with Gasteiger partial charge in [0.15, 0.2) is 0 Å². The van der Waals surface area contributed by atoms with E-state index >= 15 is 4.39 Å². The highest BCUT2D eigenvalue weighted by Crippen LogP contribution is 2.59. The van der Waals surface area contributed by atoms with Crippen molar-refractivity contribution in [1.29, 1.82) is 0 Å². The number of alkyl halides is 1. The molecule has 4 heterocycles. The number of likely N-dealkylation sites (tertiary alicyclic amines) is 1. The number of carbonyl (C=O) groups excluding carboxylic acids is 1. The summed E-state index contributed by atoms with van der Waals surface area (Å²) in [5, 5.41) is 15.6. The fourth-order valence-electron chi connectivity index (χ4n) is 6.47. The van der Waals surface area contributed by atoms with E-state index in [4.69, 9.17) is 21.1 Å². The Bertz CT molecular complexity index is 1180. The molecule has 1 aromatic carbocycles. The molecule has 7 nitrogen and oxygen atoms in total. The van der Waals surface area contributed by atoms with Crippen molar-refractivity contribution in [2.45, 2.75) is 56.3 Å². The zero-order chi connectivity index (χ0) is 25.1. The van der Waals surface area contributed by atoms with Crippen LogP contribution in [0.15, 0.2) is 24.4 Å². The second kappa shape index (κ2) is 9.17. The van der Waals surface area contributed by atoms with Gasteiger partial charge in [-0.1, -0.05) is 11.6 Å². The summed E-state index contributed by atoms with van der Waals surface area (Å²) in [4.78, 5) is 19.3. The van der Waals surface area contributed by atoms with Crippen LogP contribution in [-0.2, 0) is 14.3 Å². The normalized spacial score (nSPS) is 34.2. The summed E-state index contributed by atoms with van der Waals surface area (Å²) in [6.45, 7) is 4.96. The van der Waals surface area contributed by atoms with Crippen molar-refractivity contribution in [3.63, 3.8) is 0 Å². The Balaban J connectivity index is 1.18. The zero-order valence-electron chi connectivity index (χ0n) is 20.5. The highest BCUT2D eigenvalue weighted by atomic mass is 35.5. The van der Waals surface area contributed by atoms with Crippen LogP contribution in [0.5, 0.6) is 0 Å². The van der Waals surface area contributed by atoms with Gasteiger partial charge in [-0.2, -0.15) is 0 Å². The molecule has 1 saturated carbocycles. The Labute approximate surface area is 215 Å². The van der Waals surface area contributed by atoms with E-state index in [0.29, 0.717) is 30.4 Å². The molecule has 1 amide bonds. The summed E-state index contributed by atoms with van der Waals surface area (Å²) in [7, 11) is 0. The fourth-order valence-corrected chi connectivity index (χ4v) is 6.78. The average molecular weight is 518 g/mol. The molecule has 0 bridgehead atoms. The number of hydrogen-bond acceptors (Lipinski definition) is 6. The predicted molar refractivity (Wildman–Crippen MR) is 135 cm³/mol. The number of halogens is 2. The summed E-state index contributed by atoms with van der Waals surface area (Å²) >= 11 is 6.62. The van der Waals surface area contributed by atoms with Crippen LogP contribution in [0.2, 0.25) is 5.02 Å². The number of piperidine rings is 1. The molecule has 9 heteroatoms. The van der Waals surface area contributed by atoms with Gasteiger partial charge in [-0.05, 0) is 73.7 Å². The lowest BCUT2D eigenvalue weighted by Gasteiger charge is -2.45. The largest absolute Gasteiger partial charge is 0.389 e. The molecule has 3 saturated heterocycles. The van der Waals surface area contributed by atoms with Crippen LogP contribution in [0, 0.1) is 11.3 Å². The van der Waals surface area contributed by atoms with Gasteiger partial charge in [-0.25, -0.2) is 9.37 Å². The third-order valence-electron chi connectivity index (χ3n) is 9.13. The van der Waals surface area contributed by atoms with Crippen molar-refractivity contribution in [2.75, 3.05) is 44.8 Å². The number of aliphatic hydroxyl groups excluding tert-OH is 1. The third-order valence-corrected chi connectivity index (χ3v) is 9.46. The van der Waals surface area contributed by atoms with E-state index in [1.165, 1.54) is 0 Å². The molecular weight excluding hydrogens is 485 g/mol. The summed E-state index contributed by atoms with van der Waals surface area (Å²) in [6.07, 6.45) is 3.34. The summed E-state index contributed by atoms with van der Waals surface area (Å²) in [5.41, 5.74) is 0.311. The first-order chi connectivity index (χ1) is 17.3. The summed E-state index contributed by atoms with van der Waals surface area (Å²) in [5.74, 6) is 0.195. The van der Waals surface area contributed by atoms with Crippen LogP contribution < -0.4 is 5.32 Å². The molecule has 1 spiro atoms. The van der Waals surface area contributed by atoms with E-state index in [0.717, 1.165) is 48.8 Å². The van der Waals surface area contributed by atoms with Crippen LogP contribution >= 0.6 is 11.6 Å². The molecule has 6 rings (SSSR count). The number of anilines is 1. The molecule has 0 radical (unpaired) electrons. The fraction of sp³-hybridized carbons (Fsp3) is 0.630. The first-order valence-corrected chi connectivity index (χ1v) is 13.3. The van der Waals surface area contributed by atoms with Crippen molar-refractivity contribution in [3.05, 3.63) is 35.0 Å². The maximum Gasteiger partial charge on any atom is 0.229 e. The predicted octanol–water partition coefficient (Wildman–Crippen LogP) is 3.92. The Kier molecular flexibility index (Phi) is 6.24. The van der Waals surface area contributed by atoms with Crippen LogP contribution in [0.25, 0.3) is 10.8 Å². The van der Waals surface area contributed by atoms with Gasteiger partial charge in [0.2, 0.25) is 5.91 Å². The first-order valence-electron chi connectivity index (χ1n) is 12.9. The van der Waals surface area contributed by atoms with Crippen molar-refractivity contribution < 1.29 is 23.8 Å². The molecule has 4 fully saturated rings. The van der Waals surface area contributed by atoms with E-state index < -0.39 is 17.8 Å². The number of nitrogens with one attached hydrogen (secondary N) is 1. The zero-order valence-corrected chi connectivity index (χ0v) is 21.3. The first kappa shape index (κ1) is 24.5. The molecule has 1 aliphatic carbocycles. The lowest BCUT2D eigenvalue weighted by atomic mass is 9.84. The van der Waals surface area contributed by atoms with Crippen LogP contribution in [0.1, 0.15) is 44.1 Å². The van der Waals surface area contributed by atoms with Crippen LogP contribution in [0.3, 0.4) is 0 Å². The molecule has 5 atom stereocenters. The molecule has 2 unspecified atom stereocenters. The summed E-state index contributed by atoms with van der Waals surface area (Å²) < 4.78 is 26.4. The molecule has 194 valence electrons. The standard InChI is InChI=1S/C27H33ClFN3O4/c1-26(15-36-14-23(26)33)32-5-2-18(22(29)13-32)19-8-16-10-24(30-12-17(16)9-21(19)28)31-25(34)20-11-27(20)3-6-35-7-4-27/h8-10,12,18,20,22-23,33H,2-7,11,13-15H2,1H3,(H,30,31,34)/t18-,20+,22-,23?,26?/m0/s1. The second-order valence-electron chi connectivity index (χ2n) is 11.3. The SMILES string of the molecule is CC1(N2CC[C@@H](c3cc4cc(NC(=O)[C@H]5CC56CCOCC6)ncc4cc3Cl)[C@@H](F)C2)COCC1O. The van der Waals surface area contributed by atoms with Gasteiger partial charge in [-0.3, -0.25) is 9.69 Å². The monoisotopic (exact) mass is 517 g/mol. The van der Waals surface area contributed by atoms with Gasteiger partial charge in [0.05, 0.1) is 24.9 Å². The van der Waals surface area contributed by atoms with E-state index in [1.54, 1.807) is 6.20 Å². The number of ether oxygens (including phenoxy) is 2. The second-order valence-corrected chi connectivity index (χ2v) is 11.7. The molecule has 36 heavy (non-hydrogen) atoms. The Morgan fingerprint density at radius 2 is 2.06 bits per heavy atom. The number of rotatable bonds is 4. The Morgan fingerprint density at radius 1 is 1.25 bits per heavy atom. The molecule has 4 aliphatic rings. The van der Waals surface area contributed by atoms with Crippen molar-refractivity contribution in [2.24, 2.45) is 11.3 Å². The third kappa shape index (κ3) is 4.21. The maximum absolute atomic E-state index is 15.5. The van der Waals surface area contributed by atoms with Gasteiger partial charge in [-0.15, -0.1) is 0 Å². The number of carbonyl (C=O) groups is 1. The topological polar surface area (TPSA) is 83.9 Å². The van der Waals surface area contributed by atoms with Crippen molar-refractivity contribution in [3.8, 4) is 0 Å². The number of amides is 1. The highest BCUT2D eigenvalue weighted by molar-refractivity contribution is 6.32. The van der Waals surface area contributed by atoms with Gasteiger partial charge in [0.25, 0.3) is 0 Å². The molecule has 2 N–H and O–H groups in total.